The third-order valence-electron chi connectivity index (χ3n) is 15.3. The first-order chi connectivity index (χ1) is 45.0. The monoisotopic (exact) mass is 1320 g/mol. The van der Waals surface area contributed by atoms with E-state index in [1.165, 1.54) is 0 Å². The SMILES string of the molecule is CNC(CC(C)C)C(=O)OCCCCCCOC(=O)C(CC(C)C)NC(=O)CCCCCCC(C)=O.CNC(CCCCNC(=O)CCCCC(=O)NC(Cc1ccccc1)C(=O)OCCCCCOC(=O)C(Cc1ccccc1)NC(=O)CCCCCC(C)=O)C(=O)O. The largest absolute Gasteiger partial charge is 0.480 e. The molecule has 0 radical (unpaired) electrons. The molecule has 0 saturated carbocycles. The topological polar surface area (TPSA) is 317 Å². The van der Waals surface area contributed by atoms with Gasteiger partial charge in [-0.15, -0.1) is 0 Å². The molecule has 0 bridgehead atoms. The Bertz CT molecular complexity index is 2480. The van der Waals surface area contributed by atoms with E-state index in [1.807, 2.05) is 74.5 Å². The molecule has 2 aromatic rings. The van der Waals surface area contributed by atoms with Gasteiger partial charge in [-0.3, -0.25) is 28.8 Å². The molecule has 0 saturated heterocycles. The van der Waals surface area contributed by atoms with Crippen molar-refractivity contribution in [2.24, 2.45) is 11.8 Å². The Morgan fingerprint density at radius 2 is 0.691 bits per heavy atom. The zero-order chi connectivity index (χ0) is 69.7. The van der Waals surface area contributed by atoms with Crippen molar-refractivity contribution in [1.82, 2.24) is 31.9 Å². The van der Waals surface area contributed by atoms with Gasteiger partial charge >= 0.3 is 29.8 Å². The van der Waals surface area contributed by atoms with Crippen molar-refractivity contribution in [3.05, 3.63) is 71.8 Å². The van der Waals surface area contributed by atoms with Crippen LogP contribution in [0.15, 0.2) is 60.7 Å². The van der Waals surface area contributed by atoms with Crippen LogP contribution in [0.4, 0.5) is 0 Å². The number of rotatable bonds is 54. The fourth-order valence-electron chi connectivity index (χ4n) is 10.0. The molecule has 22 nitrogen and oxygen atoms in total. The number of hydrogen-bond donors (Lipinski definition) is 7. The molecule has 2 aromatic carbocycles. The Morgan fingerprint density at radius 1 is 0.372 bits per heavy atom. The summed E-state index contributed by atoms with van der Waals surface area (Å²) in [5, 5.41) is 26.1. The molecule has 0 aliphatic carbocycles. The summed E-state index contributed by atoms with van der Waals surface area (Å²) in [6.45, 7) is 12.7. The Labute approximate surface area is 560 Å². The minimum Gasteiger partial charge on any atom is -0.480 e. The van der Waals surface area contributed by atoms with Crippen molar-refractivity contribution >= 4 is 65.0 Å². The third kappa shape index (κ3) is 46.1. The number of Topliss-reactive ketones (excluding diaryl/α,β-unsaturated/α-hetero) is 2. The second-order valence-electron chi connectivity index (χ2n) is 25.1. The van der Waals surface area contributed by atoms with Crippen molar-refractivity contribution in [1.29, 1.82) is 0 Å². The van der Waals surface area contributed by atoms with Gasteiger partial charge < -0.3 is 65.5 Å². The highest BCUT2D eigenvalue weighted by Crippen LogP contribution is 2.14. The van der Waals surface area contributed by atoms with Gasteiger partial charge in [0.25, 0.3) is 0 Å². The van der Waals surface area contributed by atoms with Crippen LogP contribution in [-0.4, -0.2) is 147 Å². The molecular weight excluding hydrogens is 1200 g/mol. The number of benzene rings is 2. The van der Waals surface area contributed by atoms with E-state index in [9.17, 15) is 52.7 Å². The maximum absolute atomic E-state index is 13.1. The van der Waals surface area contributed by atoms with E-state index < -0.39 is 42.1 Å². The van der Waals surface area contributed by atoms with Gasteiger partial charge in [0, 0.05) is 57.9 Å². The number of unbranched alkanes of at least 4 members (excludes halogenated alkanes) is 12. The van der Waals surface area contributed by atoms with Crippen LogP contribution in [0.2, 0.25) is 0 Å². The normalized spacial score (nSPS) is 12.6. The van der Waals surface area contributed by atoms with E-state index in [0.29, 0.717) is 116 Å². The number of likely N-dealkylation sites (N-methyl/N-ethyl adjacent to an activating group) is 2. The summed E-state index contributed by atoms with van der Waals surface area (Å²) in [5.74, 6) is -2.38. The number of carboxylic acids is 1. The summed E-state index contributed by atoms with van der Waals surface area (Å²) in [7, 11) is 3.37. The maximum atomic E-state index is 13.1. The molecule has 0 spiro atoms. The first kappa shape index (κ1) is 84.9. The second kappa shape index (κ2) is 54.2. The molecule has 0 aromatic heterocycles. The van der Waals surface area contributed by atoms with Crippen LogP contribution in [-0.2, 0) is 84.5 Å². The molecule has 0 aliphatic rings. The third-order valence-corrected chi connectivity index (χ3v) is 15.3. The van der Waals surface area contributed by atoms with Gasteiger partial charge in [0.1, 0.15) is 41.8 Å². The van der Waals surface area contributed by atoms with Crippen LogP contribution in [0.5, 0.6) is 0 Å². The van der Waals surface area contributed by atoms with Crippen molar-refractivity contribution in [2.75, 3.05) is 47.1 Å². The van der Waals surface area contributed by atoms with E-state index in [0.717, 1.165) is 81.8 Å². The Hall–Kier alpha value is -7.07. The minimum atomic E-state index is -0.898. The number of amides is 4. The van der Waals surface area contributed by atoms with Gasteiger partial charge in [0.15, 0.2) is 0 Å². The highest BCUT2D eigenvalue weighted by Gasteiger charge is 2.26. The Balaban J connectivity index is 0.00000105. The summed E-state index contributed by atoms with van der Waals surface area (Å²) < 4.78 is 21.9. The fourth-order valence-corrected chi connectivity index (χ4v) is 10.0. The highest BCUT2D eigenvalue weighted by atomic mass is 16.5. The van der Waals surface area contributed by atoms with E-state index in [2.05, 4.69) is 45.7 Å². The zero-order valence-corrected chi connectivity index (χ0v) is 57.9. The van der Waals surface area contributed by atoms with Crippen LogP contribution in [0.25, 0.3) is 0 Å². The fraction of sp³-hybridized carbons (Fsp3) is 0.681. The van der Waals surface area contributed by atoms with Crippen LogP contribution in [0, 0.1) is 11.8 Å². The van der Waals surface area contributed by atoms with Crippen molar-refractivity contribution in [2.45, 2.75) is 258 Å². The van der Waals surface area contributed by atoms with Crippen LogP contribution in [0.1, 0.15) is 226 Å². The van der Waals surface area contributed by atoms with Gasteiger partial charge in [-0.2, -0.15) is 0 Å². The Kier molecular flexibility index (Phi) is 49.0. The molecule has 0 aliphatic heterocycles. The Morgan fingerprint density at radius 3 is 1.07 bits per heavy atom. The van der Waals surface area contributed by atoms with Gasteiger partial charge in [0.2, 0.25) is 23.6 Å². The predicted molar refractivity (Wildman–Crippen MR) is 362 cm³/mol. The number of aliphatic carboxylic acids is 1. The molecule has 22 heteroatoms. The summed E-state index contributed by atoms with van der Waals surface area (Å²) in [4.78, 5) is 134. The van der Waals surface area contributed by atoms with Gasteiger partial charge in [-0.05, 0) is 166 Å². The average molecular weight is 1320 g/mol. The van der Waals surface area contributed by atoms with Gasteiger partial charge in [-0.1, -0.05) is 108 Å². The smallest absolute Gasteiger partial charge is 0.328 e. The van der Waals surface area contributed by atoms with E-state index in [4.69, 9.17) is 24.1 Å². The van der Waals surface area contributed by atoms with Gasteiger partial charge in [0.05, 0.1) is 26.4 Å². The zero-order valence-electron chi connectivity index (χ0n) is 57.9. The molecule has 0 fully saturated rings. The quantitative estimate of drug-likeness (QED) is 0.0184. The average Bonchev–Trinajstić information content (AvgIpc) is 2.22. The molecule has 530 valence electrons. The molecule has 5 unspecified atom stereocenters. The summed E-state index contributed by atoms with van der Waals surface area (Å²) >= 11 is 0. The summed E-state index contributed by atoms with van der Waals surface area (Å²) in [6.07, 6.45) is 17.2. The molecule has 4 amide bonds. The number of ether oxygens (including phenoxy) is 4. The standard InChI is InChI=1S/C44H64N4O10.C28H52N2O6/c1-33(49)19-7-3-12-26-40(51)47-37(31-34-20-8-4-9-21-34)43(55)57-29-17-6-18-30-58-44(56)38(32-35-22-10-5-11-23-35)48-41(52)27-14-13-25-39(50)46-28-16-15-24-36(45-2)42(53)54;1-21(2)19-24(29-6)27(33)35-17-13-9-10-14-18-36-28(34)25(20-22(3)4)30-26(32)16-12-8-7-11-15-23(5)31/h4-5,8-11,20-23,36-38,45H,3,6-7,12-19,24-32H2,1-2H3,(H,46,50)(H,47,51)(H,48,52)(H,53,54);21-22,24-25,29H,7-20H2,1-6H3,(H,30,32). The molecule has 2 rings (SSSR count). The van der Waals surface area contributed by atoms with Crippen molar-refractivity contribution in [3.63, 3.8) is 0 Å². The molecule has 5 atom stereocenters. The van der Waals surface area contributed by atoms with E-state index >= 15 is 0 Å². The second-order valence-corrected chi connectivity index (χ2v) is 25.1. The highest BCUT2D eigenvalue weighted by molar-refractivity contribution is 5.86. The minimum absolute atomic E-state index is 0.123. The van der Waals surface area contributed by atoms with Crippen LogP contribution < -0.4 is 31.9 Å². The summed E-state index contributed by atoms with van der Waals surface area (Å²) in [6, 6.07) is 15.5. The summed E-state index contributed by atoms with van der Waals surface area (Å²) in [5.41, 5.74) is 1.75. The number of carbonyl (C=O) groups is 11. The number of carbonyl (C=O) groups excluding carboxylic acids is 10. The lowest BCUT2D eigenvalue weighted by Gasteiger charge is -2.19. The van der Waals surface area contributed by atoms with Crippen molar-refractivity contribution in [3.8, 4) is 0 Å². The molecule has 94 heavy (non-hydrogen) atoms. The number of nitrogens with one attached hydrogen (secondary N) is 6. The molecular formula is C72H116N6O16. The van der Waals surface area contributed by atoms with Crippen LogP contribution in [0.3, 0.4) is 0 Å². The lowest BCUT2D eigenvalue weighted by Crippen LogP contribution is -2.43. The maximum Gasteiger partial charge on any atom is 0.328 e. The molecule has 7 N–H and O–H groups in total. The van der Waals surface area contributed by atoms with Gasteiger partial charge in [-0.25, -0.2) is 14.4 Å². The lowest BCUT2D eigenvalue weighted by molar-refractivity contribution is -0.149. The van der Waals surface area contributed by atoms with Crippen molar-refractivity contribution < 1.29 is 76.8 Å². The molecule has 0 heterocycles. The number of carboxylic acid groups (broad SMARTS) is 1. The van der Waals surface area contributed by atoms with E-state index in [1.54, 1.807) is 27.9 Å². The number of ketones is 2. The lowest BCUT2D eigenvalue weighted by atomic mass is 10.0. The predicted octanol–water partition coefficient (Wildman–Crippen LogP) is 9.48. The van der Waals surface area contributed by atoms with E-state index in [-0.39, 0.29) is 98.0 Å². The first-order valence-corrected chi connectivity index (χ1v) is 34.5. The van der Waals surface area contributed by atoms with Crippen LogP contribution >= 0.6 is 0 Å². The first-order valence-electron chi connectivity index (χ1n) is 34.5. The number of hydrogen-bond acceptors (Lipinski definition) is 17. The number of esters is 4.